The van der Waals surface area contributed by atoms with Crippen LogP contribution in [0.4, 0.5) is 21.7 Å². The van der Waals surface area contributed by atoms with Crippen molar-refractivity contribution in [3.8, 4) is 5.88 Å². The molecule has 178 valence electrons. The van der Waals surface area contributed by atoms with E-state index in [-0.39, 0.29) is 24.8 Å². The number of H-pyrrole nitrogens is 1. The molecule has 1 amide bonds. The van der Waals surface area contributed by atoms with Crippen molar-refractivity contribution < 1.29 is 18.7 Å². The molecule has 2 N–H and O–H groups in total. The summed E-state index contributed by atoms with van der Waals surface area (Å²) in [5.74, 6) is 0.353. The van der Waals surface area contributed by atoms with Gasteiger partial charge in [-0.1, -0.05) is 6.58 Å². The number of rotatable bonds is 6. The zero-order valence-electron chi connectivity index (χ0n) is 18.7. The smallest absolute Gasteiger partial charge is 0.246 e. The Hall–Kier alpha value is -3.66. The second kappa shape index (κ2) is 9.68. The number of aromatic nitrogens is 3. The van der Waals surface area contributed by atoms with E-state index in [0.717, 1.165) is 37.7 Å². The molecule has 2 saturated heterocycles. The Bertz CT molecular complexity index is 1160. The maximum Gasteiger partial charge on any atom is 0.246 e. The fraction of sp³-hybridized carbons (Fsp3) is 0.375. The molecule has 10 heteroatoms. The van der Waals surface area contributed by atoms with E-state index in [2.05, 4.69) is 31.7 Å². The highest BCUT2D eigenvalue weighted by atomic mass is 19.1. The SMILES string of the molecule is C=CC(=O)N1CC[C@H](F)[C@H](Oc2nc(Nc3ccc(N4CCOCC4)cc3)nc3[nH]ccc23)C1. The number of aromatic amines is 1. The molecule has 9 nitrogen and oxygen atoms in total. The lowest BCUT2D eigenvalue weighted by Crippen LogP contribution is -2.49. The predicted molar refractivity (Wildman–Crippen MR) is 127 cm³/mol. The van der Waals surface area contributed by atoms with Crippen LogP contribution in [0.2, 0.25) is 0 Å². The van der Waals surface area contributed by atoms with E-state index < -0.39 is 12.3 Å². The number of carbonyl (C=O) groups excluding carboxylic acids is 1. The number of nitrogens with one attached hydrogen (secondary N) is 2. The molecule has 4 heterocycles. The Morgan fingerprint density at radius 1 is 1.21 bits per heavy atom. The lowest BCUT2D eigenvalue weighted by molar-refractivity contribution is -0.130. The van der Waals surface area contributed by atoms with Crippen LogP contribution in [0.3, 0.4) is 0 Å². The number of hydrogen-bond donors (Lipinski definition) is 2. The Kier molecular flexibility index (Phi) is 6.31. The number of alkyl halides is 1. The second-order valence-electron chi connectivity index (χ2n) is 8.31. The third-order valence-corrected chi connectivity index (χ3v) is 6.11. The minimum atomic E-state index is -1.21. The first-order chi connectivity index (χ1) is 16.6. The highest BCUT2D eigenvalue weighted by Crippen LogP contribution is 2.29. The lowest BCUT2D eigenvalue weighted by atomic mass is 10.1. The molecule has 2 aromatic heterocycles. The predicted octanol–water partition coefficient (Wildman–Crippen LogP) is 3.04. The molecule has 0 radical (unpaired) electrons. The molecular formula is C24H27FN6O3. The van der Waals surface area contributed by atoms with Gasteiger partial charge in [0.1, 0.15) is 17.9 Å². The van der Waals surface area contributed by atoms with Crippen molar-refractivity contribution in [3.05, 3.63) is 49.2 Å². The summed E-state index contributed by atoms with van der Waals surface area (Å²) in [4.78, 5) is 27.9. The number of benzene rings is 1. The molecule has 1 aromatic carbocycles. The van der Waals surface area contributed by atoms with E-state index in [0.29, 0.717) is 23.5 Å². The van der Waals surface area contributed by atoms with Gasteiger partial charge in [-0.25, -0.2) is 4.39 Å². The van der Waals surface area contributed by atoms with Crippen LogP contribution in [0.1, 0.15) is 6.42 Å². The van der Waals surface area contributed by atoms with Crippen LogP contribution in [-0.4, -0.2) is 77.4 Å². The van der Waals surface area contributed by atoms with Gasteiger partial charge in [0.15, 0.2) is 0 Å². The molecule has 0 spiro atoms. The monoisotopic (exact) mass is 466 g/mol. The van der Waals surface area contributed by atoms with Gasteiger partial charge in [-0.05, 0) is 42.8 Å². The number of amides is 1. The second-order valence-corrected chi connectivity index (χ2v) is 8.31. The van der Waals surface area contributed by atoms with Gasteiger partial charge in [0.2, 0.25) is 17.7 Å². The number of likely N-dealkylation sites (tertiary alicyclic amines) is 1. The van der Waals surface area contributed by atoms with E-state index in [1.165, 1.54) is 6.08 Å². The fourth-order valence-electron chi connectivity index (χ4n) is 4.24. The number of fused-ring (bicyclic) bond motifs is 1. The zero-order valence-corrected chi connectivity index (χ0v) is 18.7. The third kappa shape index (κ3) is 4.67. The van der Waals surface area contributed by atoms with Crippen LogP contribution in [-0.2, 0) is 9.53 Å². The quantitative estimate of drug-likeness (QED) is 0.539. The Morgan fingerprint density at radius 3 is 2.76 bits per heavy atom. The fourth-order valence-corrected chi connectivity index (χ4v) is 4.24. The highest BCUT2D eigenvalue weighted by molar-refractivity contribution is 5.87. The van der Waals surface area contributed by atoms with Gasteiger partial charge in [-0.15, -0.1) is 0 Å². The largest absolute Gasteiger partial charge is 0.469 e. The van der Waals surface area contributed by atoms with Crippen molar-refractivity contribution in [2.75, 3.05) is 49.6 Å². The van der Waals surface area contributed by atoms with Gasteiger partial charge in [0.05, 0.1) is 25.1 Å². The summed E-state index contributed by atoms with van der Waals surface area (Å²) in [7, 11) is 0. The molecule has 2 atom stereocenters. The molecule has 2 fully saturated rings. The summed E-state index contributed by atoms with van der Waals surface area (Å²) < 4.78 is 26.1. The van der Waals surface area contributed by atoms with Crippen LogP contribution in [0.25, 0.3) is 11.0 Å². The van der Waals surface area contributed by atoms with Crippen molar-refractivity contribution >= 4 is 34.3 Å². The Morgan fingerprint density at radius 2 is 2.00 bits per heavy atom. The number of hydrogen-bond acceptors (Lipinski definition) is 7. The molecule has 0 aliphatic carbocycles. The van der Waals surface area contributed by atoms with Crippen LogP contribution in [0.15, 0.2) is 49.2 Å². The van der Waals surface area contributed by atoms with Gasteiger partial charge in [0.25, 0.3) is 0 Å². The average Bonchev–Trinajstić information content (AvgIpc) is 3.35. The van der Waals surface area contributed by atoms with Crippen LogP contribution in [0, 0.1) is 0 Å². The first kappa shape index (κ1) is 22.1. The molecular weight excluding hydrogens is 439 g/mol. The van der Waals surface area contributed by atoms with Crippen molar-refractivity contribution in [3.63, 3.8) is 0 Å². The van der Waals surface area contributed by atoms with Gasteiger partial charge in [-0.2, -0.15) is 9.97 Å². The highest BCUT2D eigenvalue weighted by Gasteiger charge is 2.33. The Labute approximate surface area is 196 Å². The van der Waals surface area contributed by atoms with E-state index in [4.69, 9.17) is 9.47 Å². The molecule has 0 bridgehead atoms. The first-order valence-corrected chi connectivity index (χ1v) is 11.4. The van der Waals surface area contributed by atoms with Crippen molar-refractivity contribution in [1.82, 2.24) is 19.9 Å². The summed E-state index contributed by atoms with van der Waals surface area (Å²) in [5.41, 5.74) is 2.52. The normalized spacial score (nSPS) is 20.9. The number of halogens is 1. The molecule has 34 heavy (non-hydrogen) atoms. The zero-order chi connectivity index (χ0) is 23.5. The summed E-state index contributed by atoms with van der Waals surface area (Å²) in [6.45, 7) is 7.18. The Balaban J connectivity index is 1.34. The molecule has 0 saturated carbocycles. The molecule has 5 rings (SSSR count). The summed E-state index contributed by atoms with van der Waals surface area (Å²) in [6.07, 6.45) is 1.13. The van der Waals surface area contributed by atoms with Gasteiger partial charge in [-0.3, -0.25) is 4.79 Å². The van der Waals surface area contributed by atoms with Crippen LogP contribution in [0.5, 0.6) is 5.88 Å². The number of anilines is 3. The topological polar surface area (TPSA) is 95.6 Å². The number of piperidine rings is 1. The summed E-state index contributed by atoms with van der Waals surface area (Å²) in [5, 5.41) is 3.85. The minimum Gasteiger partial charge on any atom is -0.469 e. The van der Waals surface area contributed by atoms with Crippen LogP contribution < -0.4 is 15.0 Å². The number of nitrogens with zero attached hydrogens (tertiary/aromatic N) is 4. The molecule has 0 unspecified atom stereocenters. The van der Waals surface area contributed by atoms with E-state index >= 15 is 0 Å². The van der Waals surface area contributed by atoms with Crippen molar-refractivity contribution in [1.29, 1.82) is 0 Å². The van der Waals surface area contributed by atoms with Gasteiger partial charge >= 0.3 is 0 Å². The van der Waals surface area contributed by atoms with Crippen LogP contribution >= 0.6 is 0 Å². The average molecular weight is 467 g/mol. The molecule has 2 aliphatic heterocycles. The standard InChI is InChI=1S/C24H27FN6O3/c1-2-21(32)31-10-8-19(25)20(15-31)34-23-18-7-9-26-22(18)28-24(29-23)27-16-3-5-17(6-4-16)30-11-13-33-14-12-30/h2-7,9,19-20H,1,8,10-15H2,(H2,26,27,28,29)/t19-,20+/m0/s1. The van der Waals surface area contributed by atoms with Crippen molar-refractivity contribution in [2.45, 2.75) is 18.7 Å². The third-order valence-electron chi connectivity index (χ3n) is 6.11. The first-order valence-electron chi connectivity index (χ1n) is 11.4. The van der Waals surface area contributed by atoms with Crippen molar-refractivity contribution in [2.24, 2.45) is 0 Å². The van der Waals surface area contributed by atoms with Gasteiger partial charge < -0.3 is 29.6 Å². The van der Waals surface area contributed by atoms with E-state index in [9.17, 15) is 9.18 Å². The molecule has 2 aliphatic rings. The van der Waals surface area contributed by atoms with E-state index in [1.807, 2.05) is 24.3 Å². The summed E-state index contributed by atoms with van der Waals surface area (Å²) in [6, 6.07) is 9.79. The number of carbonyl (C=O) groups is 1. The maximum absolute atomic E-state index is 14.7. The number of morpholine rings is 1. The van der Waals surface area contributed by atoms with E-state index in [1.54, 1.807) is 17.2 Å². The maximum atomic E-state index is 14.7. The molecule has 3 aromatic rings. The lowest BCUT2D eigenvalue weighted by Gasteiger charge is -2.34. The number of ether oxygens (including phenoxy) is 2. The van der Waals surface area contributed by atoms with Gasteiger partial charge in [0, 0.05) is 37.2 Å². The summed E-state index contributed by atoms with van der Waals surface area (Å²) >= 11 is 0. The minimum absolute atomic E-state index is 0.133.